The highest BCUT2D eigenvalue weighted by Crippen LogP contribution is 2.20. The summed E-state index contributed by atoms with van der Waals surface area (Å²) in [5, 5.41) is 5.41. The lowest BCUT2D eigenvalue weighted by atomic mass is 10.1. The molecular formula is C16H20N2O6. The van der Waals surface area contributed by atoms with Crippen molar-refractivity contribution in [3.8, 4) is 0 Å². The molecule has 1 heterocycles. The predicted octanol–water partition coefficient (Wildman–Crippen LogP) is 1.56. The van der Waals surface area contributed by atoms with Gasteiger partial charge in [0.15, 0.2) is 0 Å². The number of esters is 2. The Labute approximate surface area is 139 Å². The highest BCUT2D eigenvalue weighted by atomic mass is 16.5. The van der Waals surface area contributed by atoms with Gasteiger partial charge in [0.2, 0.25) is 0 Å². The Hall–Kier alpha value is -2.61. The number of benzene rings is 1. The van der Waals surface area contributed by atoms with E-state index in [0.717, 1.165) is 12.8 Å². The van der Waals surface area contributed by atoms with E-state index in [0.29, 0.717) is 13.2 Å². The number of amides is 2. The van der Waals surface area contributed by atoms with Crippen LogP contribution in [0.3, 0.4) is 0 Å². The van der Waals surface area contributed by atoms with E-state index in [1.165, 1.54) is 32.4 Å². The molecule has 2 N–H and O–H groups in total. The molecule has 8 heteroatoms. The first-order valence-corrected chi connectivity index (χ1v) is 7.51. The molecule has 2 amide bonds. The third-order valence-corrected chi connectivity index (χ3v) is 3.65. The minimum atomic E-state index is -0.618. The second kappa shape index (κ2) is 8.30. The molecule has 0 saturated carbocycles. The summed E-state index contributed by atoms with van der Waals surface area (Å²) >= 11 is 0. The number of rotatable bonds is 4. The second-order valence-corrected chi connectivity index (χ2v) is 5.23. The van der Waals surface area contributed by atoms with Crippen molar-refractivity contribution in [3.63, 3.8) is 0 Å². The van der Waals surface area contributed by atoms with Gasteiger partial charge in [0.05, 0.1) is 31.0 Å². The highest BCUT2D eigenvalue weighted by molar-refractivity contribution is 6.03. The molecule has 1 aliphatic rings. The molecule has 0 spiro atoms. The van der Waals surface area contributed by atoms with E-state index in [1.54, 1.807) is 0 Å². The van der Waals surface area contributed by atoms with Crippen LogP contribution in [0.4, 0.5) is 10.5 Å². The van der Waals surface area contributed by atoms with E-state index in [-0.39, 0.29) is 22.9 Å². The predicted molar refractivity (Wildman–Crippen MR) is 85.1 cm³/mol. The Kier molecular flexibility index (Phi) is 6.14. The lowest BCUT2D eigenvalue weighted by Crippen LogP contribution is -2.41. The molecule has 8 nitrogen and oxygen atoms in total. The fourth-order valence-corrected chi connectivity index (χ4v) is 2.37. The molecule has 24 heavy (non-hydrogen) atoms. The van der Waals surface area contributed by atoms with Gasteiger partial charge in [-0.1, -0.05) is 0 Å². The highest BCUT2D eigenvalue weighted by Gasteiger charge is 2.20. The van der Waals surface area contributed by atoms with Gasteiger partial charge in [-0.25, -0.2) is 14.4 Å². The standard InChI is InChI=1S/C16H20N2O6/c1-22-14(19)10-3-4-12(15(20)23-2)13(9-10)18-16(21)17-11-5-7-24-8-6-11/h3-4,9,11H,5-8H2,1-2H3,(H2,17,18,21). The molecule has 1 aromatic carbocycles. The number of urea groups is 1. The minimum Gasteiger partial charge on any atom is -0.465 e. The number of ether oxygens (including phenoxy) is 3. The van der Waals surface area contributed by atoms with Gasteiger partial charge in [-0.2, -0.15) is 0 Å². The fraction of sp³-hybridized carbons (Fsp3) is 0.438. The van der Waals surface area contributed by atoms with E-state index in [9.17, 15) is 14.4 Å². The van der Waals surface area contributed by atoms with Gasteiger partial charge >= 0.3 is 18.0 Å². The van der Waals surface area contributed by atoms with Crippen molar-refractivity contribution in [1.82, 2.24) is 5.32 Å². The molecule has 1 aromatic rings. The summed E-state index contributed by atoms with van der Waals surface area (Å²) in [7, 11) is 2.49. The van der Waals surface area contributed by atoms with Gasteiger partial charge in [0.25, 0.3) is 0 Å². The van der Waals surface area contributed by atoms with Crippen molar-refractivity contribution in [2.45, 2.75) is 18.9 Å². The largest absolute Gasteiger partial charge is 0.465 e. The van der Waals surface area contributed by atoms with E-state index < -0.39 is 18.0 Å². The third kappa shape index (κ3) is 4.45. The molecule has 130 valence electrons. The smallest absolute Gasteiger partial charge is 0.339 e. The van der Waals surface area contributed by atoms with Gasteiger partial charge in [-0.3, -0.25) is 0 Å². The molecule has 0 bridgehead atoms. The maximum Gasteiger partial charge on any atom is 0.339 e. The summed E-state index contributed by atoms with van der Waals surface area (Å²) in [6.45, 7) is 1.19. The lowest BCUT2D eigenvalue weighted by Gasteiger charge is -2.23. The maximum atomic E-state index is 12.2. The number of hydrogen-bond acceptors (Lipinski definition) is 6. The summed E-state index contributed by atoms with van der Waals surface area (Å²) in [5.41, 5.74) is 0.535. The number of methoxy groups -OCH3 is 2. The van der Waals surface area contributed by atoms with Crippen LogP contribution in [0, 0.1) is 0 Å². The zero-order valence-corrected chi connectivity index (χ0v) is 13.6. The van der Waals surface area contributed by atoms with Crippen molar-refractivity contribution in [2.75, 3.05) is 32.8 Å². The van der Waals surface area contributed by atoms with E-state index in [1.807, 2.05) is 0 Å². The Morgan fingerprint density at radius 1 is 1.08 bits per heavy atom. The van der Waals surface area contributed by atoms with Crippen LogP contribution < -0.4 is 10.6 Å². The van der Waals surface area contributed by atoms with Crippen LogP contribution in [-0.2, 0) is 14.2 Å². The summed E-state index contributed by atoms with van der Waals surface area (Å²) in [5.74, 6) is -1.19. The van der Waals surface area contributed by atoms with Crippen LogP contribution in [0.15, 0.2) is 18.2 Å². The molecule has 0 unspecified atom stereocenters. The van der Waals surface area contributed by atoms with Crippen molar-refractivity contribution >= 4 is 23.7 Å². The van der Waals surface area contributed by atoms with Gasteiger partial charge < -0.3 is 24.8 Å². The van der Waals surface area contributed by atoms with Crippen LogP contribution in [0.5, 0.6) is 0 Å². The molecule has 1 saturated heterocycles. The number of anilines is 1. The molecule has 1 fully saturated rings. The summed E-state index contributed by atoms with van der Waals surface area (Å²) in [4.78, 5) is 35.6. The first kappa shape index (κ1) is 17.7. The Morgan fingerprint density at radius 2 is 1.75 bits per heavy atom. The quantitative estimate of drug-likeness (QED) is 0.809. The maximum absolute atomic E-state index is 12.2. The van der Waals surface area contributed by atoms with Crippen LogP contribution in [0.2, 0.25) is 0 Å². The molecule has 0 aromatic heterocycles. The molecule has 2 rings (SSSR count). The van der Waals surface area contributed by atoms with Gasteiger partial charge in [0.1, 0.15) is 0 Å². The molecular weight excluding hydrogens is 316 g/mol. The Bertz CT molecular complexity index is 625. The average molecular weight is 336 g/mol. The van der Waals surface area contributed by atoms with Crippen LogP contribution >= 0.6 is 0 Å². The van der Waals surface area contributed by atoms with Crippen LogP contribution in [0.1, 0.15) is 33.6 Å². The number of hydrogen-bond donors (Lipinski definition) is 2. The van der Waals surface area contributed by atoms with Crippen LogP contribution in [0.25, 0.3) is 0 Å². The number of carbonyl (C=O) groups excluding carboxylic acids is 3. The SMILES string of the molecule is COC(=O)c1ccc(C(=O)OC)c(NC(=O)NC2CCOCC2)c1. The first-order valence-electron chi connectivity index (χ1n) is 7.51. The minimum absolute atomic E-state index is 0.00381. The van der Waals surface area contributed by atoms with Crippen LogP contribution in [-0.4, -0.2) is 51.4 Å². The summed E-state index contributed by atoms with van der Waals surface area (Å²) in [6.07, 6.45) is 1.44. The summed E-state index contributed by atoms with van der Waals surface area (Å²) < 4.78 is 14.6. The van der Waals surface area contributed by atoms with Crippen molar-refractivity contribution < 1.29 is 28.6 Å². The van der Waals surface area contributed by atoms with Crippen molar-refractivity contribution in [3.05, 3.63) is 29.3 Å². The van der Waals surface area contributed by atoms with E-state index in [4.69, 9.17) is 9.47 Å². The topological polar surface area (TPSA) is 103 Å². The molecule has 1 aliphatic heterocycles. The zero-order valence-electron chi connectivity index (χ0n) is 13.6. The van der Waals surface area contributed by atoms with E-state index in [2.05, 4.69) is 15.4 Å². The Morgan fingerprint density at radius 3 is 2.38 bits per heavy atom. The summed E-state index contributed by atoms with van der Waals surface area (Å²) in [6, 6.07) is 3.75. The Balaban J connectivity index is 2.16. The number of nitrogens with one attached hydrogen (secondary N) is 2. The zero-order chi connectivity index (χ0) is 17.5. The average Bonchev–Trinajstić information content (AvgIpc) is 2.61. The second-order valence-electron chi connectivity index (χ2n) is 5.23. The number of carbonyl (C=O) groups is 3. The molecule has 0 radical (unpaired) electrons. The first-order chi connectivity index (χ1) is 11.5. The fourth-order valence-electron chi connectivity index (χ4n) is 2.37. The van der Waals surface area contributed by atoms with Gasteiger partial charge in [-0.05, 0) is 31.0 Å². The van der Waals surface area contributed by atoms with Crippen molar-refractivity contribution in [1.29, 1.82) is 0 Å². The van der Waals surface area contributed by atoms with E-state index >= 15 is 0 Å². The molecule has 0 aliphatic carbocycles. The molecule has 0 atom stereocenters. The lowest BCUT2D eigenvalue weighted by molar-refractivity contribution is 0.0587. The normalized spacial score (nSPS) is 14.6. The van der Waals surface area contributed by atoms with Gasteiger partial charge in [0, 0.05) is 19.3 Å². The van der Waals surface area contributed by atoms with Crippen molar-refractivity contribution in [2.24, 2.45) is 0 Å². The van der Waals surface area contributed by atoms with Gasteiger partial charge in [-0.15, -0.1) is 0 Å². The third-order valence-electron chi connectivity index (χ3n) is 3.65. The monoisotopic (exact) mass is 336 g/mol.